The lowest BCUT2D eigenvalue weighted by Crippen LogP contribution is -2.46. The molecule has 1 aliphatic rings. The second-order valence-corrected chi connectivity index (χ2v) is 6.21. The molecular formula is C18H24N4O2. The number of likely N-dealkylation sites (tertiary alicyclic amines) is 1. The Morgan fingerprint density at radius 1 is 1.33 bits per heavy atom. The maximum Gasteiger partial charge on any atom is 0.263 e. The zero-order chi connectivity index (χ0) is 16.9. The molecule has 2 heterocycles. The summed E-state index contributed by atoms with van der Waals surface area (Å²) in [5.41, 5.74) is 1.05. The molecule has 3 rings (SSSR count). The monoisotopic (exact) mass is 328 g/mol. The van der Waals surface area contributed by atoms with Crippen molar-refractivity contribution in [3.8, 4) is 5.75 Å². The Balaban J connectivity index is 1.60. The van der Waals surface area contributed by atoms with Crippen molar-refractivity contribution in [2.75, 3.05) is 13.1 Å². The average Bonchev–Trinajstić information content (AvgIpc) is 3.15. The summed E-state index contributed by atoms with van der Waals surface area (Å²) in [6, 6.07) is 8.15. The highest BCUT2D eigenvalue weighted by molar-refractivity contribution is 5.81. The van der Waals surface area contributed by atoms with Crippen LogP contribution in [0.15, 0.2) is 36.9 Å². The first-order valence-corrected chi connectivity index (χ1v) is 8.54. The summed E-state index contributed by atoms with van der Waals surface area (Å²) >= 11 is 0. The van der Waals surface area contributed by atoms with E-state index in [9.17, 15) is 4.79 Å². The van der Waals surface area contributed by atoms with Gasteiger partial charge in [0.2, 0.25) is 0 Å². The van der Waals surface area contributed by atoms with Gasteiger partial charge in [-0.2, -0.15) is 5.10 Å². The van der Waals surface area contributed by atoms with Crippen LogP contribution in [-0.2, 0) is 4.79 Å². The third kappa shape index (κ3) is 3.58. The summed E-state index contributed by atoms with van der Waals surface area (Å²) in [6.07, 6.45) is 5.34. The third-order valence-corrected chi connectivity index (χ3v) is 4.60. The van der Waals surface area contributed by atoms with Gasteiger partial charge in [0.15, 0.2) is 6.10 Å². The van der Waals surface area contributed by atoms with Crippen LogP contribution in [-0.4, -0.2) is 44.8 Å². The van der Waals surface area contributed by atoms with Crippen molar-refractivity contribution < 1.29 is 9.53 Å². The molecule has 0 saturated carbocycles. The molecule has 0 aliphatic carbocycles. The fraction of sp³-hybridized carbons (Fsp3) is 0.500. The molecule has 0 unspecified atom stereocenters. The molecule has 1 aliphatic heterocycles. The van der Waals surface area contributed by atoms with Gasteiger partial charge >= 0.3 is 0 Å². The number of amides is 1. The number of benzene rings is 1. The Morgan fingerprint density at radius 2 is 2.08 bits per heavy atom. The fourth-order valence-electron chi connectivity index (χ4n) is 3.11. The number of carbonyl (C=O) groups is 1. The summed E-state index contributed by atoms with van der Waals surface area (Å²) in [5.74, 6) is 0.869. The predicted molar refractivity (Wildman–Crippen MR) is 90.8 cm³/mol. The second-order valence-electron chi connectivity index (χ2n) is 6.21. The second kappa shape index (κ2) is 7.47. The molecule has 1 atom stereocenters. The first-order valence-electron chi connectivity index (χ1n) is 8.54. The number of aromatic nitrogens is 3. The van der Waals surface area contributed by atoms with Crippen LogP contribution in [0.5, 0.6) is 5.75 Å². The highest BCUT2D eigenvalue weighted by Gasteiger charge is 2.29. The molecule has 2 aromatic rings. The summed E-state index contributed by atoms with van der Waals surface area (Å²) in [7, 11) is 0. The zero-order valence-electron chi connectivity index (χ0n) is 14.3. The molecule has 1 fully saturated rings. The van der Waals surface area contributed by atoms with Gasteiger partial charge in [0, 0.05) is 13.1 Å². The van der Waals surface area contributed by atoms with Gasteiger partial charge < -0.3 is 9.64 Å². The van der Waals surface area contributed by atoms with E-state index in [0.717, 1.165) is 37.2 Å². The quantitative estimate of drug-likeness (QED) is 0.846. The van der Waals surface area contributed by atoms with Crippen molar-refractivity contribution >= 4 is 5.91 Å². The first-order chi connectivity index (χ1) is 11.7. The van der Waals surface area contributed by atoms with Crippen LogP contribution < -0.4 is 4.74 Å². The number of piperidine rings is 1. The van der Waals surface area contributed by atoms with Gasteiger partial charge in [-0.15, -0.1) is 0 Å². The Kier molecular flexibility index (Phi) is 5.13. The molecular weight excluding hydrogens is 304 g/mol. The van der Waals surface area contributed by atoms with Gasteiger partial charge in [-0.1, -0.05) is 25.1 Å². The number of carbonyl (C=O) groups excluding carboxylic acids is 1. The topological polar surface area (TPSA) is 60.2 Å². The van der Waals surface area contributed by atoms with Crippen LogP contribution in [0.2, 0.25) is 0 Å². The van der Waals surface area contributed by atoms with Crippen LogP contribution >= 0.6 is 0 Å². The van der Waals surface area contributed by atoms with Gasteiger partial charge in [0.1, 0.15) is 18.4 Å². The van der Waals surface area contributed by atoms with E-state index < -0.39 is 6.10 Å². The van der Waals surface area contributed by atoms with Gasteiger partial charge in [-0.3, -0.25) is 4.79 Å². The van der Waals surface area contributed by atoms with E-state index in [0.29, 0.717) is 12.5 Å². The van der Waals surface area contributed by atoms with Crippen LogP contribution in [0.1, 0.15) is 37.8 Å². The van der Waals surface area contributed by atoms with E-state index in [2.05, 4.69) is 10.1 Å². The Morgan fingerprint density at radius 3 is 2.71 bits per heavy atom. The number of nitrogens with zero attached hydrogens (tertiary/aromatic N) is 4. The van der Waals surface area contributed by atoms with Crippen molar-refractivity contribution in [3.05, 3.63) is 42.5 Å². The largest absolute Gasteiger partial charge is 0.480 e. The van der Waals surface area contributed by atoms with Crippen molar-refractivity contribution in [1.29, 1.82) is 0 Å². The lowest BCUT2D eigenvalue weighted by atomic mass is 10.0. The van der Waals surface area contributed by atoms with Crippen LogP contribution in [0, 0.1) is 6.92 Å². The van der Waals surface area contributed by atoms with Crippen molar-refractivity contribution in [2.45, 2.75) is 45.3 Å². The molecule has 6 heteroatoms. The number of aryl methyl sites for hydroxylation is 1. The van der Waals surface area contributed by atoms with E-state index in [-0.39, 0.29) is 5.91 Å². The summed E-state index contributed by atoms with van der Waals surface area (Å²) in [5, 5.41) is 4.20. The fourth-order valence-corrected chi connectivity index (χ4v) is 3.11. The Hall–Kier alpha value is -2.37. The minimum absolute atomic E-state index is 0.0813. The molecule has 0 spiro atoms. The number of ether oxygens (including phenoxy) is 1. The first kappa shape index (κ1) is 16.5. The average molecular weight is 328 g/mol. The molecule has 128 valence electrons. The molecule has 0 N–H and O–H groups in total. The molecule has 24 heavy (non-hydrogen) atoms. The molecule has 6 nitrogen and oxygen atoms in total. The zero-order valence-corrected chi connectivity index (χ0v) is 14.3. The highest BCUT2D eigenvalue weighted by Crippen LogP contribution is 2.24. The molecule has 0 radical (unpaired) electrons. The smallest absolute Gasteiger partial charge is 0.263 e. The third-order valence-electron chi connectivity index (χ3n) is 4.60. The van der Waals surface area contributed by atoms with E-state index in [1.54, 1.807) is 12.7 Å². The van der Waals surface area contributed by atoms with E-state index in [1.165, 1.54) is 0 Å². The number of para-hydroxylation sites is 1. The van der Waals surface area contributed by atoms with Crippen molar-refractivity contribution in [1.82, 2.24) is 19.7 Å². The minimum atomic E-state index is -0.422. The van der Waals surface area contributed by atoms with Gasteiger partial charge in [-0.25, -0.2) is 9.67 Å². The highest BCUT2D eigenvalue weighted by atomic mass is 16.5. The maximum atomic E-state index is 12.8. The normalized spacial score (nSPS) is 16.8. The predicted octanol–water partition coefficient (Wildman–Crippen LogP) is 2.61. The van der Waals surface area contributed by atoms with Crippen LogP contribution in [0.25, 0.3) is 0 Å². The van der Waals surface area contributed by atoms with E-state index >= 15 is 0 Å². The number of hydrogen-bond acceptors (Lipinski definition) is 4. The van der Waals surface area contributed by atoms with Gasteiger partial charge in [0.05, 0.1) is 6.04 Å². The summed E-state index contributed by atoms with van der Waals surface area (Å²) < 4.78 is 7.88. The molecule has 0 bridgehead atoms. The van der Waals surface area contributed by atoms with Gasteiger partial charge in [-0.05, 0) is 37.8 Å². The maximum absolute atomic E-state index is 12.8. The molecule has 1 amide bonds. The van der Waals surface area contributed by atoms with Gasteiger partial charge in [0.25, 0.3) is 5.91 Å². The minimum Gasteiger partial charge on any atom is -0.480 e. The number of hydrogen-bond donors (Lipinski definition) is 0. The van der Waals surface area contributed by atoms with Crippen LogP contribution in [0.4, 0.5) is 0 Å². The number of rotatable bonds is 5. The van der Waals surface area contributed by atoms with E-state index in [1.807, 2.05) is 47.7 Å². The van der Waals surface area contributed by atoms with Crippen molar-refractivity contribution in [3.63, 3.8) is 0 Å². The molecule has 1 aromatic carbocycles. The SMILES string of the molecule is CC[C@H](Oc1ccccc1C)C(=O)N1CCC(n2cncn2)CC1. The van der Waals surface area contributed by atoms with Crippen molar-refractivity contribution in [2.24, 2.45) is 0 Å². The lowest BCUT2D eigenvalue weighted by molar-refractivity contribution is -0.140. The lowest BCUT2D eigenvalue weighted by Gasteiger charge is -2.34. The van der Waals surface area contributed by atoms with E-state index in [4.69, 9.17) is 4.74 Å². The van der Waals surface area contributed by atoms with Crippen LogP contribution in [0.3, 0.4) is 0 Å². The summed E-state index contributed by atoms with van der Waals surface area (Å²) in [4.78, 5) is 18.7. The standard InChI is InChI=1S/C18H24N4O2/c1-3-16(24-17-7-5-4-6-14(17)2)18(23)21-10-8-15(9-11-21)22-13-19-12-20-22/h4-7,12-13,15-16H,3,8-11H2,1-2H3/t16-/m0/s1. The Labute approximate surface area is 142 Å². The summed E-state index contributed by atoms with van der Waals surface area (Å²) in [6.45, 7) is 5.45. The Bertz CT molecular complexity index is 663. The molecule has 1 saturated heterocycles. The molecule has 1 aromatic heterocycles.